The molecular weight excluding hydrogens is 228 g/mol. The lowest BCUT2D eigenvalue weighted by Gasteiger charge is -2.29. The molecular formula is C14H20N2O2. The van der Waals surface area contributed by atoms with Crippen molar-refractivity contribution in [3.63, 3.8) is 0 Å². The number of nitrogens with one attached hydrogen (secondary N) is 1. The zero-order chi connectivity index (χ0) is 12.8. The average Bonchev–Trinajstić information content (AvgIpc) is 2.46. The Bertz CT molecular complexity index is 372. The summed E-state index contributed by atoms with van der Waals surface area (Å²) in [7, 11) is 0. The summed E-state index contributed by atoms with van der Waals surface area (Å²) in [4.78, 5) is 2.33. The van der Waals surface area contributed by atoms with Crippen molar-refractivity contribution in [2.45, 2.75) is 6.29 Å². The number of benzene rings is 1. The lowest BCUT2D eigenvalue weighted by Crippen LogP contribution is -2.43. The molecule has 4 nitrogen and oxygen atoms in total. The molecule has 2 N–H and O–H groups in total. The van der Waals surface area contributed by atoms with Crippen molar-refractivity contribution in [3.05, 3.63) is 42.5 Å². The van der Waals surface area contributed by atoms with Crippen LogP contribution in [0.1, 0.15) is 11.9 Å². The number of ether oxygens (including phenoxy) is 1. The maximum Gasteiger partial charge on any atom is 0.181 e. The van der Waals surface area contributed by atoms with E-state index in [4.69, 9.17) is 4.74 Å². The predicted octanol–water partition coefficient (Wildman–Crippen LogP) is 1.29. The fourth-order valence-electron chi connectivity index (χ4n) is 2.03. The highest BCUT2D eigenvalue weighted by molar-refractivity contribution is 5.48. The quantitative estimate of drug-likeness (QED) is 0.609. The van der Waals surface area contributed by atoms with Gasteiger partial charge in [0.05, 0.1) is 6.61 Å². The number of aliphatic hydroxyl groups is 1. The lowest BCUT2D eigenvalue weighted by atomic mass is 10.1. The molecule has 0 radical (unpaired) electrons. The first-order valence-electron chi connectivity index (χ1n) is 6.27. The molecule has 0 bridgehead atoms. The summed E-state index contributed by atoms with van der Waals surface area (Å²) in [5.74, 6) is 0. The van der Waals surface area contributed by atoms with Crippen LogP contribution in [0, 0.1) is 0 Å². The highest BCUT2D eigenvalue weighted by Crippen LogP contribution is 2.20. The summed E-state index contributed by atoms with van der Waals surface area (Å²) in [5, 5.41) is 13.1. The third-order valence-electron chi connectivity index (χ3n) is 3.03. The van der Waals surface area contributed by atoms with E-state index in [0.717, 1.165) is 31.7 Å². The zero-order valence-electron chi connectivity index (χ0n) is 10.5. The van der Waals surface area contributed by atoms with E-state index in [1.54, 1.807) is 6.08 Å². The maximum atomic E-state index is 9.76. The summed E-state index contributed by atoms with van der Waals surface area (Å²) >= 11 is 0. The van der Waals surface area contributed by atoms with Crippen LogP contribution in [-0.2, 0) is 4.74 Å². The molecule has 0 aliphatic carbocycles. The van der Waals surface area contributed by atoms with Crippen LogP contribution >= 0.6 is 0 Å². The monoisotopic (exact) mass is 248 g/mol. The van der Waals surface area contributed by atoms with Crippen molar-refractivity contribution in [2.75, 3.05) is 37.7 Å². The molecule has 0 saturated carbocycles. The third kappa shape index (κ3) is 3.32. The van der Waals surface area contributed by atoms with Gasteiger partial charge in [-0.25, -0.2) is 0 Å². The second kappa shape index (κ2) is 6.54. The van der Waals surface area contributed by atoms with Crippen molar-refractivity contribution in [1.29, 1.82) is 0 Å². The fourth-order valence-corrected chi connectivity index (χ4v) is 2.03. The number of rotatable bonds is 5. The van der Waals surface area contributed by atoms with Crippen molar-refractivity contribution in [1.82, 2.24) is 5.32 Å². The van der Waals surface area contributed by atoms with E-state index in [9.17, 15) is 5.11 Å². The van der Waals surface area contributed by atoms with Gasteiger partial charge in [0.2, 0.25) is 0 Å². The molecule has 0 spiro atoms. The molecule has 1 heterocycles. The van der Waals surface area contributed by atoms with E-state index in [1.807, 2.05) is 24.3 Å². The van der Waals surface area contributed by atoms with Crippen molar-refractivity contribution in [3.8, 4) is 0 Å². The summed E-state index contributed by atoms with van der Waals surface area (Å²) in [6.45, 7) is 7.99. The number of hydrogen-bond donors (Lipinski definition) is 2. The Labute approximate surface area is 108 Å². The molecule has 1 atom stereocenters. The first-order valence-corrected chi connectivity index (χ1v) is 6.27. The van der Waals surface area contributed by atoms with Gasteiger partial charge in [-0.1, -0.05) is 18.2 Å². The molecule has 1 saturated heterocycles. The predicted molar refractivity (Wildman–Crippen MR) is 72.6 cm³/mol. The number of piperazine rings is 1. The summed E-state index contributed by atoms with van der Waals surface area (Å²) in [6.07, 6.45) is 0.748. The van der Waals surface area contributed by atoms with Gasteiger partial charge in [0.25, 0.3) is 0 Å². The second-order valence-corrected chi connectivity index (χ2v) is 4.30. The van der Waals surface area contributed by atoms with Crippen LogP contribution < -0.4 is 10.2 Å². The van der Waals surface area contributed by atoms with Crippen molar-refractivity contribution >= 4 is 5.69 Å². The third-order valence-corrected chi connectivity index (χ3v) is 3.03. The van der Waals surface area contributed by atoms with Gasteiger partial charge in [-0.2, -0.15) is 0 Å². The van der Waals surface area contributed by atoms with Gasteiger partial charge in [0.1, 0.15) is 0 Å². The number of hydrogen-bond acceptors (Lipinski definition) is 4. The van der Waals surface area contributed by atoms with E-state index in [0.29, 0.717) is 6.61 Å². The van der Waals surface area contributed by atoms with Crippen LogP contribution in [0.3, 0.4) is 0 Å². The molecule has 1 aliphatic rings. The summed E-state index contributed by atoms with van der Waals surface area (Å²) in [6, 6.07) is 7.87. The molecule has 98 valence electrons. The highest BCUT2D eigenvalue weighted by atomic mass is 16.6. The minimum absolute atomic E-state index is 0.348. The van der Waals surface area contributed by atoms with E-state index in [2.05, 4.69) is 16.8 Å². The van der Waals surface area contributed by atoms with Crippen molar-refractivity contribution < 1.29 is 9.84 Å². The molecule has 1 aromatic carbocycles. The van der Waals surface area contributed by atoms with Gasteiger partial charge < -0.3 is 20.1 Å². The number of nitrogens with zero attached hydrogens (tertiary/aromatic N) is 1. The minimum Gasteiger partial charge on any atom is -0.369 e. The lowest BCUT2D eigenvalue weighted by molar-refractivity contribution is -0.0920. The molecule has 18 heavy (non-hydrogen) atoms. The molecule has 0 aromatic heterocycles. The smallest absolute Gasteiger partial charge is 0.181 e. The summed E-state index contributed by atoms with van der Waals surface area (Å²) in [5.41, 5.74) is 1.96. The maximum absolute atomic E-state index is 9.76. The first kappa shape index (κ1) is 13.1. The zero-order valence-corrected chi connectivity index (χ0v) is 10.5. The molecule has 1 unspecified atom stereocenters. The second-order valence-electron chi connectivity index (χ2n) is 4.30. The average molecular weight is 248 g/mol. The first-order chi connectivity index (χ1) is 8.81. The van der Waals surface area contributed by atoms with Crippen LogP contribution in [0.4, 0.5) is 5.69 Å². The van der Waals surface area contributed by atoms with E-state index >= 15 is 0 Å². The Morgan fingerprint density at radius 1 is 1.33 bits per heavy atom. The fraction of sp³-hybridized carbons (Fsp3) is 0.429. The van der Waals surface area contributed by atoms with Crippen LogP contribution in [0.5, 0.6) is 0 Å². The molecule has 0 amide bonds. The Kier molecular flexibility index (Phi) is 4.75. The van der Waals surface area contributed by atoms with Gasteiger partial charge in [-0.3, -0.25) is 0 Å². The Hall–Kier alpha value is -1.36. The standard InChI is InChI=1S/C14H20N2O2/c1-2-11-18-14(17)12-3-5-13(6-4-12)16-9-7-15-8-10-16/h2-6,14-15,17H,1,7-11H2. The Morgan fingerprint density at radius 3 is 2.61 bits per heavy atom. The van der Waals surface area contributed by atoms with Crippen LogP contribution in [0.25, 0.3) is 0 Å². The largest absolute Gasteiger partial charge is 0.369 e. The van der Waals surface area contributed by atoms with Crippen molar-refractivity contribution in [2.24, 2.45) is 0 Å². The number of anilines is 1. The van der Waals surface area contributed by atoms with E-state index < -0.39 is 6.29 Å². The SMILES string of the molecule is C=CCOC(O)c1ccc(N2CCNCC2)cc1. The van der Waals surface area contributed by atoms with Crippen LogP contribution in [0.15, 0.2) is 36.9 Å². The normalized spacial score (nSPS) is 17.5. The molecule has 1 aromatic rings. The van der Waals surface area contributed by atoms with Gasteiger partial charge in [0, 0.05) is 37.4 Å². The van der Waals surface area contributed by atoms with Gasteiger partial charge in [-0.05, 0) is 12.1 Å². The topological polar surface area (TPSA) is 44.7 Å². The molecule has 1 aliphatic heterocycles. The van der Waals surface area contributed by atoms with Crippen LogP contribution in [0.2, 0.25) is 0 Å². The number of aliphatic hydroxyl groups excluding tert-OH is 1. The molecule has 4 heteroatoms. The highest BCUT2D eigenvalue weighted by Gasteiger charge is 2.11. The Morgan fingerprint density at radius 2 is 2.00 bits per heavy atom. The van der Waals surface area contributed by atoms with Crippen LogP contribution in [-0.4, -0.2) is 37.9 Å². The summed E-state index contributed by atoms with van der Waals surface area (Å²) < 4.78 is 5.18. The molecule has 2 rings (SSSR count). The van der Waals surface area contributed by atoms with Gasteiger partial charge in [-0.15, -0.1) is 6.58 Å². The van der Waals surface area contributed by atoms with Gasteiger partial charge in [0.15, 0.2) is 6.29 Å². The molecule has 1 fully saturated rings. The van der Waals surface area contributed by atoms with E-state index in [1.165, 1.54) is 5.69 Å². The van der Waals surface area contributed by atoms with Gasteiger partial charge >= 0.3 is 0 Å². The minimum atomic E-state index is -0.875. The Balaban J connectivity index is 1.97. The van der Waals surface area contributed by atoms with E-state index in [-0.39, 0.29) is 0 Å².